The van der Waals surface area contributed by atoms with E-state index in [1.165, 1.54) is 38.3 Å². The van der Waals surface area contributed by atoms with Crippen molar-refractivity contribution in [2.24, 2.45) is 11.7 Å². The maximum atomic E-state index is 13.4. The normalized spacial score (nSPS) is 17.0. The van der Waals surface area contributed by atoms with E-state index in [1.807, 2.05) is 18.2 Å². The predicted octanol–water partition coefficient (Wildman–Crippen LogP) is 6.00. The van der Waals surface area contributed by atoms with Crippen LogP contribution >= 0.6 is 0 Å². The maximum absolute atomic E-state index is 13.4. The van der Waals surface area contributed by atoms with Crippen LogP contribution in [0.3, 0.4) is 0 Å². The lowest BCUT2D eigenvalue weighted by Crippen LogP contribution is -2.14. The number of fused-ring (bicyclic) bond motifs is 1. The molecule has 0 spiro atoms. The predicted molar refractivity (Wildman–Crippen MR) is 107 cm³/mol. The van der Waals surface area contributed by atoms with Gasteiger partial charge in [0.25, 0.3) is 0 Å². The van der Waals surface area contributed by atoms with Gasteiger partial charge in [0.15, 0.2) is 11.3 Å². The van der Waals surface area contributed by atoms with Crippen molar-refractivity contribution in [2.75, 3.05) is 0 Å². The summed E-state index contributed by atoms with van der Waals surface area (Å²) in [4.78, 5) is 4.00. The molecule has 1 saturated carbocycles. The summed E-state index contributed by atoms with van der Waals surface area (Å²) < 4.78 is 40.2. The van der Waals surface area contributed by atoms with Gasteiger partial charge in [-0.05, 0) is 47.6 Å². The van der Waals surface area contributed by atoms with E-state index in [2.05, 4.69) is 15.2 Å². The number of nitrogens with two attached hydrogens (primary N) is 1. The van der Waals surface area contributed by atoms with Crippen LogP contribution in [0.2, 0.25) is 0 Å². The van der Waals surface area contributed by atoms with Gasteiger partial charge in [0.2, 0.25) is 0 Å². The van der Waals surface area contributed by atoms with Gasteiger partial charge in [-0.1, -0.05) is 50.3 Å². The third kappa shape index (κ3) is 4.29. The number of hydrogen-bond acceptors (Lipinski definition) is 3. The van der Waals surface area contributed by atoms with Crippen LogP contribution in [0.5, 0.6) is 0 Å². The van der Waals surface area contributed by atoms with Crippen molar-refractivity contribution in [3.63, 3.8) is 0 Å². The first kappa shape index (κ1) is 19.9. The van der Waals surface area contributed by atoms with Crippen LogP contribution in [-0.2, 0) is 6.18 Å². The highest BCUT2D eigenvalue weighted by molar-refractivity contribution is 5.94. The molecule has 1 fully saturated rings. The molecule has 0 saturated heterocycles. The molecular formula is C22H25F3N4. The van der Waals surface area contributed by atoms with E-state index >= 15 is 0 Å². The summed E-state index contributed by atoms with van der Waals surface area (Å²) >= 11 is 0. The van der Waals surface area contributed by atoms with Gasteiger partial charge in [-0.25, -0.2) is 4.98 Å². The van der Waals surface area contributed by atoms with Crippen LogP contribution in [0.4, 0.5) is 13.2 Å². The minimum absolute atomic E-state index is 0.00655. The topological polar surface area (TPSA) is 67.6 Å². The Kier molecular flexibility index (Phi) is 5.58. The van der Waals surface area contributed by atoms with Crippen molar-refractivity contribution in [3.05, 3.63) is 47.8 Å². The molecule has 0 aliphatic heterocycles. The van der Waals surface area contributed by atoms with Crippen molar-refractivity contribution < 1.29 is 13.2 Å². The summed E-state index contributed by atoms with van der Waals surface area (Å²) in [7, 11) is 0. The van der Waals surface area contributed by atoms with E-state index in [9.17, 15) is 13.2 Å². The number of nitrogens with one attached hydrogen (secondary N) is 1. The number of hydrogen-bond donors (Lipinski definition) is 2. The van der Waals surface area contributed by atoms with Crippen LogP contribution < -0.4 is 5.73 Å². The molecule has 0 amide bonds. The lowest BCUT2D eigenvalue weighted by atomic mass is 9.84. The number of halogens is 3. The summed E-state index contributed by atoms with van der Waals surface area (Å²) in [5.74, 6) is 0.748. The van der Waals surface area contributed by atoms with E-state index in [4.69, 9.17) is 5.73 Å². The first-order valence-electron chi connectivity index (χ1n) is 10.2. The number of benzene rings is 1. The van der Waals surface area contributed by atoms with Crippen LogP contribution in [0, 0.1) is 5.92 Å². The lowest BCUT2D eigenvalue weighted by Gasteiger charge is -2.23. The molecule has 4 rings (SSSR count). The second kappa shape index (κ2) is 8.14. The lowest BCUT2D eigenvalue weighted by molar-refractivity contribution is -0.139. The molecule has 3 N–H and O–H groups in total. The average Bonchev–Trinajstić information content (AvgIpc) is 3.18. The number of H-pyrrole nitrogens is 1. The highest BCUT2D eigenvalue weighted by atomic mass is 19.4. The van der Waals surface area contributed by atoms with Crippen molar-refractivity contribution in [2.45, 2.75) is 57.2 Å². The van der Waals surface area contributed by atoms with Gasteiger partial charge in [-0.15, -0.1) is 0 Å². The van der Waals surface area contributed by atoms with Gasteiger partial charge in [0, 0.05) is 12.2 Å². The van der Waals surface area contributed by atoms with Crippen molar-refractivity contribution in [3.8, 4) is 11.1 Å². The highest BCUT2D eigenvalue weighted by Crippen LogP contribution is 2.38. The molecule has 1 unspecified atom stereocenters. The molecule has 2 heterocycles. The van der Waals surface area contributed by atoms with Crippen LogP contribution in [0.25, 0.3) is 22.2 Å². The quantitative estimate of drug-likeness (QED) is 0.550. The van der Waals surface area contributed by atoms with Crippen molar-refractivity contribution in [1.29, 1.82) is 0 Å². The zero-order valence-corrected chi connectivity index (χ0v) is 16.2. The molecule has 0 radical (unpaired) electrons. The number of nitrogens with zero attached hydrogens (tertiary/aromatic N) is 2. The largest absolute Gasteiger partial charge is 0.435 e. The smallest absolute Gasteiger partial charge is 0.324 e. The zero-order chi connectivity index (χ0) is 20.4. The Bertz CT molecular complexity index is 974. The van der Waals surface area contributed by atoms with E-state index in [0.717, 1.165) is 24.3 Å². The molecule has 29 heavy (non-hydrogen) atoms. The third-order valence-corrected chi connectivity index (χ3v) is 5.97. The van der Waals surface area contributed by atoms with Gasteiger partial charge in [0.05, 0.1) is 5.39 Å². The zero-order valence-electron chi connectivity index (χ0n) is 16.2. The average molecular weight is 402 g/mol. The van der Waals surface area contributed by atoms with E-state index in [0.29, 0.717) is 11.1 Å². The van der Waals surface area contributed by atoms with Crippen LogP contribution in [-0.4, -0.2) is 15.2 Å². The van der Waals surface area contributed by atoms with Crippen molar-refractivity contribution in [1.82, 2.24) is 15.2 Å². The van der Waals surface area contributed by atoms with E-state index in [-0.39, 0.29) is 17.1 Å². The SMILES string of the molecule is NC(CCC1CCCCC1)c1cccc(-c2ccnc3[nH]nc(C(F)(F)F)c23)c1. The molecule has 1 aromatic carbocycles. The van der Waals surface area contributed by atoms with E-state index < -0.39 is 11.9 Å². The molecule has 3 aromatic rings. The summed E-state index contributed by atoms with van der Waals surface area (Å²) in [5.41, 5.74) is 7.72. The number of pyridine rings is 1. The summed E-state index contributed by atoms with van der Waals surface area (Å²) in [5, 5.41) is 5.84. The minimum atomic E-state index is -4.55. The van der Waals surface area contributed by atoms with Crippen molar-refractivity contribution >= 4 is 11.0 Å². The minimum Gasteiger partial charge on any atom is -0.324 e. The fourth-order valence-corrected chi connectivity index (χ4v) is 4.39. The maximum Gasteiger partial charge on any atom is 0.435 e. The first-order valence-corrected chi connectivity index (χ1v) is 10.2. The van der Waals surface area contributed by atoms with Gasteiger partial charge < -0.3 is 5.73 Å². The first-order chi connectivity index (χ1) is 13.9. The van der Waals surface area contributed by atoms with Gasteiger partial charge in [-0.3, -0.25) is 5.10 Å². The number of aromatic amines is 1. The Hall–Kier alpha value is -2.41. The summed E-state index contributed by atoms with van der Waals surface area (Å²) in [6.07, 6.45) is 5.43. The van der Waals surface area contributed by atoms with E-state index in [1.54, 1.807) is 12.1 Å². The summed E-state index contributed by atoms with van der Waals surface area (Å²) in [6.45, 7) is 0. The molecule has 7 heteroatoms. The Balaban J connectivity index is 1.61. The molecule has 4 nitrogen and oxygen atoms in total. The molecule has 2 aromatic heterocycles. The van der Waals surface area contributed by atoms with Gasteiger partial charge >= 0.3 is 6.18 Å². The molecular weight excluding hydrogens is 377 g/mol. The highest BCUT2D eigenvalue weighted by Gasteiger charge is 2.37. The standard InChI is InChI=1S/C22H25F3N4/c23-22(24,25)20-19-17(11-12-27-21(19)29-28-20)15-7-4-8-16(13-15)18(26)10-9-14-5-2-1-3-6-14/h4,7-8,11-14,18H,1-3,5-6,9-10,26H2,(H,27,28,29). The second-order valence-corrected chi connectivity index (χ2v) is 7.97. The molecule has 1 aliphatic rings. The Morgan fingerprint density at radius 1 is 1.14 bits per heavy atom. The molecule has 1 aliphatic carbocycles. The Morgan fingerprint density at radius 3 is 2.69 bits per heavy atom. The van der Waals surface area contributed by atoms with Crippen LogP contribution in [0.1, 0.15) is 62.2 Å². The Morgan fingerprint density at radius 2 is 1.93 bits per heavy atom. The number of alkyl halides is 3. The third-order valence-electron chi connectivity index (χ3n) is 5.97. The van der Waals surface area contributed by atoms with Gasteiger partial charge in [0.1, 0.15) is 0 Å². The fraction of sp³-hybridized carbons (Fsp3) is 0.455. The molecule has 154 valence electrons. The summed E-state index contributed by atoms with van der Waals surface area (Å²) in [6, 6.07) is 8.98. The monoisotopic (exact) mass is 402 g/mol. The number of aromatic nitrogens is 3. The Labute approximate surface area is 167 Å². The second-order valence-electron chi connectivity index (χ2n) is 7.97. The molecule has 0 bridgehead atoms. The fourth-order valence-electron chi connectivity index (χ4n) is 4.39. The molecule has 1 atom stereocenters. The number of rotatable bonds is 5. The van der Waals surface area contributed by atoms with Crippen LogP contribution in [0.15, 0.2) is 36.5 Å². The van der Waals surface area contributed by atoms with Gasteiger partial charge in [-0.2, -0.15) is 18.3 Å².